The molecule has 5 nitrogen and oxygen atoms in total. The maximum atomic E-state index is 12.1. The second-order valence-corrected chi connectivity index (χ2v) is 8.95. The van der Waals surface area contributed by atoms with Crippen molar-refractivity contribution in [3.63, 3.8) is 0 Å². The molecule has 1 aromatic rings. The molecule has 154 valence electrons. The van der Waals surface area contributed by atoms with Gasteiger partial charge in [0, 0.05) is 12.6 Å². The Hall–Kier alpha value is -2.04. The quantitative estimate of drug-likeness (QED) is 0.640. The molecule has 2 fully saturated rings. The van der Waals surface area contributed by atoms with Crippen LogP contribution in [0.25, 0.3) is 0 Å². The molecular weight excluding hydrogens is 350 g/mol. The molecule has 5 heteroatoms. The van der Waals surface area contributed by atoms with E-state index in [1.165, 1.54) is 36.8 Å². The molecular formula is C23H35N3O2. The number of hydrogen-bond acceptors (Lipinski definition) is 2. The van der Waals surface area contributed by atoms with Gasteiger partial charge in [0.15, 0.2) is 0 Å². The lowest BCUT2D eigenvalue weighted by Gasteiger charge is -2.28. The second-order valence-electron chi connectivity index (χ2n) is 8.95. The fraction of sp³-hybridized carbons (Fsp3) is 0.652. The van der Waals surface area contributed by atoms with E-state index in [4.69, 9.17) is 0 Å². The number of urea groups is 1. The van der Waals surface area contributed by atoms with E-state index in [9.17, 15) is 9.59 Å². The monoisotopic (exact) mass is 385 g/mol. The van der Waals surface area contributed by atoms with Gasteiger partial charge in [0.2, 0.25) is 5.91 Å². The summed E-state index contributed by atoms with van der Waals surface area (Å²) in [5.74, 6) is 2.62. The van der Waals surface area contributed by atoms with Gasteiger partial charge >= 0.3 is 6.03 Å². The Labute approximate surface area is 169 Å². The molecule has 0 heterocycles. The Morgan fingerprint density at radius 2 is 1.79 bits per heavy atom. The summed E-state index contributed by atoms with van der Waals surface area (Å²) in [4.78, 5) is 24.1. The summed E-state index contributed by atoms with van der Waals surface area (Å²) < 4.78 is 0. The maximum absolute atomic E-state index is 12.1. The zero-order valence-electron chi connectivity index (χ0n) is 17.5. The van der Waals surface area contributed by atoms with Crippen molar-refractivity contribution in [2.45, 2.75) is 64.8 Å². The summed E-state index contributed by atoms with van der Waals surface area (Å²) in [5, 5.41) is 8.59. The highest BCUT2D eigenvalue weighted by molar-refractivity contribution is 5.83. The van der Waals surface area contributed by atoms with E-state index >= 15 is 0 Å². The lowest BCUT2D eigenvalue weighted by atomic mass is 9.84. The molecule has 3 rings (SSSR count). The molecule has 4 atom stereocenters. The molecule has 2 aliphatic carbocycles. The number of benzene rings is 1. The van der Waals surface area contributed by atoms with E-state index < -0.39 is 0 Å². The van der Waals surface area contributed by atoms with Crippen molar-refractivity contribution < 1.29 is 9.59 Å². The molecule has 0 saturated heterocycles. The van der Waals surface area contributed by atoms with Gasteiger partial charge < -0.3 is 16.0 Å². The predicted molar refractivity (Wildman–Crippen MR) is 112 cm³/mol. The van der Waals surface area contributed by atoms with Gasteiger partial charge in [0.1, 0.15) is 0 Å². The third-order valence-electron chi connectivity index (χ3n) is 6.59. The molecule has 0 unspecified atom stereocenters. The van der Waals surface area contributed by atoms with Crippen LogP contribution >= 0.6 is 0 Å². The average molecular weight is 386 g/mol. The zero-order chi connectivity index (χ0) is 20.1. The number of rotatable bonds is 8. The van der Waals surface area contributed by atoms with Crippen molar-refractivity contribution in [3.05, 3.63) is 35.4 Å². The summed E-state index contributed by atoms with van der Waals surface area (Å²) in [6, 6.07) is 8.45. The molecule has 0 aromatic heterocycles. The van der Waals surface area contributed by atoms with Gasteiger partial charge in [0.25, 0.3) is 0 Å². The number of amides is 3. The van der Waals surface area contributed by atoms with Crippen molar-refractivity contribution in [3.8, 4) is 0 Å². The molecule has 0 aliphatic heterocycles. The highest BCUT2D eigenvalue weighted by Gasteiger charge is 2.42. The highest BCUT2D eigenvalue weighted by Crippen LogP contribution is 2.49. The van der Waals surface area contributed by atoms with Gasteiger partial charge in [-0.25, -0.2) is 4.79 Å². The first-order valence-electron chi connectivity index (χ1n) is 10.8. The molecule has 2 bridgehead atoms. The Morgan fingerprint density at radius 3 is 2.39 bits per heavy atom. The van der Waals surface area contributed by atoms with E-state index in [1.807, 2.05) is 0 Å². The predicted octanol–water partition coefficient (Wildman–Crippen LogP) is 3.59. The average Bonchev–Trinajstić information content (AvgIpc) is 3.30. The first-order chi connectivity index (χ1) is 13.4. The molecule has 1 aromatic carbocycles. The highest BCUT2D eigenvalue weighted by atomic mass is 16.2. The molecule has 2 aliphatic rings. The Bertz CT molecular complexity index is 671. The smallest absolute Gasteiger partial charge is 0.315 e. The van der Waals surface area contributed by atoms with E-state index in [-0.39, 0.29) is 24.5 Å². The van der Waals surface area contributed by atoms with E-state index in [1.54, 1.807) is 0 Å². The maximum Gasteiger partial charge on any atom is 0.315 e. The number of nitrogens with one attached hydrogen (secondary N) is 3. The van der Waals surface area contributed by atoms with Crippen LogP contribution in [0.1, 0.15) is 63.5 Å². The lowest BCUT2D eigenvalue weighted by molar-refractivity contribution is -0.120. The van der Waals surface area contributed by atoms with Crippen LogP contribution in [0.4, 0.5) is 4.79 Å². The molecule has 0 radical (unpaired) electrons. The van der Waals surface area contributed by atoms with Crippen molar-refractivity contribution >= 4 is 11.9 Å². The van der Waals surface area contributed by atoms with E-state index in [0.717, 1.165) is 18.3 Å². The van der Waals surface area contributed by atoms with Crippen LogP contribution in [0.15, 0.2) is 24.3 Å². The van der Waals surface area contributed by atoms with Crippen molar-refractivity contribution in [2.75, 3.05) is 13.1 Å². The van der Waals surface area contributed by atoms with Crippen molar-refractivity contribution in [1.29, 1.82) is 0 Å². The van der Waals surface area contributed by atoms with Crippen LogP contribution < -0.4 is 16.0 Å². The summed E-state index contributed by atoms with van der Waals surface area (Å²) >= 11 is 0. The van der Waals surface area contributed by atoms with Crippen LogP contribution in [0, 0.1) is 17.8 Å². The first kappa shape index (κ1) is 20.7. The third kappa shape index (κ3) is 5.49. The zero-order valence-corrected chi connectivity index (χ0v) is 17.5. The fourth-order valence-electron chi connectivity index (χ4n) is 4.91. The Kier molecular flexibility index (Phi) is 6.97. The fourth-order valence-corrected chi connectivity index (χ4v) is 4.91. The summed E-state index contributed by atoms with van der Waals surface area (Å²) in [5.41, 5.74) is 2.53. The molecule has 2 saturated carbocycles. The van der Waals surface area contributed by atoms with Crippen LogP contribution in [0.5, 0.6) is 0 Å². The standard InChI is InChI=1S/C23H35N3O2/c1-15(2)19-7-4-17(5-8-19)10-11-24-22(27)14-25-23(28)26-16(3)21-13-18-6-9-20(21)12-18/h4-5,7-8,15-16,18,20-21H,6,9-14H2,1-3H3,(H,24,27)(H2,25,26,28)/t16-,18+,20+,21-/m1/s1. The van der Waals surface area contributed by atoms with Crippen LogP contribution in [-0.2, 0) is 11.2 Å². The first-order valence-corrected chi connectivity index (χ1v) is 10.8. The number of carbonyl (C=O) groups excluding carboxylic acids is 2. The molecule has 3 amide bonds. The molecule has 3 N–H and O–H groups in total. The number of fused-ring (bicyclic) bond motifs is 2. The van der Waals surface area contributed by atoms with E-state index in [0.29, 0.717) is 18.4 Å². The number of hydrogen-bond donors (Lipinski definition) is 3. The SMILES string of the molecule is CC(C)c1ccc(CCNC(=O)CNC(=O)N[C@H](C)[C@H]2C[C@H]3CC[C@H]2C3)cc1. The second kappa shape index (κ2) is 9.44. The summed E-state index contributed by atoms with van der Waals surface area (Å²) in [6.07, 6.45) is 6.04. The minimum atomic E-state index is -0.241. The third-order valence-corrected chi connectivity index (χ3v) is 6.59. The van der Waals surface area contributed by atoms with Crippen molar-refractivity contribution in [1.82, 2.24) is 16.0 Å². The molecule has 0 spiro atoms. The number of carbonyl (C=O) groups is 2. The van der Waals surface area contributed by atoms with Crippen molar-refractivity contribution in [2.24, 2.45) is 17.8 Å². The van der Waals surface area contributed by atoms with Gasteiger partial charge in [-0.2, -0.15) is 0 Å². The van der Waals surface area contributed by atoms with Gasteiger partial charge in [-0.1, -0.05) is 44.5 Å². The van der Waals surface area contributed by atoms with Gasteiger partial charge in [0.05, 0.1) is 6.54 Å². The summed E-state index contributed by atoms with van der Waals surface area (Å²) in [6.45, 7) is 7.04. The van der Waals surface area contributed by atoms with Crippen LogP contribution in [0.2, 0.25) is 0 Å². The summed E-state index contributed by atoms with van der Waals surface area (Å²) in [7, 11) is 0. The largest absolute Gasteiger partial charge is 0.354 e. The molecule has 28 heavy (non-hydrogen) atoms. The minimum absolute atomic E-state index is 0.0154. The van der Waals surface area contributed by atoms with Gasteiger partial charge in [-0.05, 0) is 67.4 Å². The Morgan fingerprint density at radius 1 is 1.04 bits per heavy atom. The van der Waals surface area contributed by atoms with E-state index in [2.05, 4.69) is 61.0 Å². The van der Waals surface area contributed by atoms with Crippen LogP contribution in [-0.4, -0.2) is 31.1 Å². The normalized spacial score (nSPS) is 24.2. The topological polar surface area (TPSA) is 70.2 Å². The van der Waals surface area contributed by atoms with Gasteiger partial charge in [-0.3, -0.25) is 4.79 Å². The van der Waals surface area contributed by atoms with Gasteiger partial charge in [-0.15, -0.1) is 0 Å². The Balaban J connectivity index is 1.30. The lowest BCUT2D eigenvalue weighted by Crippen LogP contribution is -2.47. The van der Waals surface area contributed by atoms with Crippen LogP contribution in [0.3, 0.4) is 0 Å². The minimum Gasteiger partial charge on any atom is -0.354 e.